The Morgan fingerprint density at radius 2 is 2.00 bits per heavy atom. The largest absolute Gasteiger partial charge is 0.479 e. The minimum atomic E-state index is -1.08. The van der Waals surface area contributed by atoms with Crippen molar-refractivity contribution in [3.05, 3.63) is 47.2 Å². The molecule has 6 heteroatoms. The molecule has 24 heavy (non-hydrogen) atoms. The maximum Gasteiger partial charge on any atom is 0.344 e. The molecular weight excluding hydrogens is 308 g/mol. The van der Waals surface area contributed by atoms with Crippen molar-refractivity contribution in [3.63, 3.8) is 0 Å². The molecule has 1 fully saturated rings. The molecule has 1 aromatic carbocycles. The molecule has 0 bridgehead atoms. The molecule has 1 aromatic rings. The average molecular weight is 330 g/mol. The van der Waals surface area contributed by atoms with Gasteiger partial charge in [-0.15, -0.1) is 0 Å². The molecule has 0 spiro atoms. The zero-order valence-electron chi connectivity index (χ0n) is 14.2. The number of allylic oxidation sites excluding steroid dienone is 2. The smallest absolute Gasteiger partial charge is 0.344 e. The van der Waals surface area contributed by atoms with Crippen LogP contribution in [-0.2, 0) is 9.63 Å². The maximum absolute atomic E-state index is 12.4. The molecule has 1 aliphatic rings. The summed E-state index contributed by atoms with van der Waals surface area (Å²) >= 11 is 0. The minimum Gasteiger partial charge on any atom is -0.479 e. The quantitative estimate of drug-likeness (QED) is 0.375. The summed E-state index contributed by atoms with van der Waals surface area (Å²) < 4.78 is 0. The van der Waals surface area contributed by atoms with E-state index < -0.39 is 12.6 Å². The first-order chi connectivity index (χ1) is 11.3. The Hall–Kier alpha value is -2.63. The minimum absolute atomic E-state index is 0.0276. The number of carboxylic acids is 1. The first-order valence-electron chi connectivity index (χ1n) is 7.70. The molecule has 0 aliphatic carbocycles. The lowest BCUT2D eigenvalue weighted by atomic mass is 9.92. The summed E-state index contributed by atoms with van der Waals surface area (Å²) in [6.45, 7) is 4.84. The van der Waals surface area contributed by atoms with Crippen molar-refractivity contribution < 1.29 is 19.5 Å². The molecular formula is C18H22N2O4. The fourth-order valence-corrected chi connectivity index (χ4v) is 2.74. The van der Waals surface area contributed by atoms with E-state index in [9.17, 15) is 9.59 Å². The van der Waals surface area contributed by atoms with Gasteiger partial charge in [-0.25, -0.2) is 4.79 Å². The standard InChI is InChI=1S/C18H22N2O4/c1-18(2)9-15(20(3)12-18)8-16(21)14-6-4-13(5-7-14)10-19-24-11-17(22)23/h4-8,10H,9,11-12H2,1-3H3,(H,22,23)/b15-8+,19-10+. The van der Waals surface area contributed by atoms with Gasteiger partial charge in [0.2, 0.25) is 6.61 Å². The highest BCUT2D eigenvalue weighted by molar-refractivity contribution is 6.05. The Morgan fingerprint density at radius 1 is 1.33 bits per heavy atom. The van der Waals surface area contributed by atoms with Crippen LogP contribution in [0.15, 0.2) is 41.2 Å². The van der Waals surface area contributed by atoms with Crippen molar-refractivity contribution in [3.8, 4) is 0 Å². The van der Waals surface area contributed by atoms with Gasteiger partial charge >= 0.3 is 5.97 Å². The van der Waals surface area contributed by atoms with Gasteiger partial charge in [-0.05, 0) is 17.4 Å². The molecule has 0 saturated carbocycles. The summed E-state index contributed by atoms with van der Waals surface area (Å²) in [6, 6.07) is 6.92. The number of rotatable bonds is 6. The van der Waals surface area contributed by atoms with Crippen LogP contribution in [0.4, 0.5) is 0 Å². The van der Waals surface area contributed by atoms with E-state index in [2.05, 4.69) is 28.7 Å². The predicted molar refractivity (Wildman–Crippen MR) is 91.1 cm³/mol. The van der Waals surface area contributed by atoms with Crippen molar-refractivity contribution >= 4 is 18.0 Å². The first-order valence-corrected chi connectivity index (χ1v) is 7.70. The summed E-state index contributed by atoms with van der Waals surface area (Å²) in [7, 11) is 2.00. The van der Waals surface area contributed by atoms with Crippen molar-refractivity contribution in [2.24, 2.45) is 10.6 Å². The van der Waals surface area contributed by atoms with Crippen LogP contribution in [0, 0.1) is 5.41 Å². The number of hydrogen-bond acceptors (Lipinski definition) is 5. The summed E-state index contributed by atoms with van der Waals surface area (Å²) in [5.41, 5.74) is 2.57. The molecule has 0 aromatic heterocycles. The highest BCUT2D eigenvalue weighted by Gasteiger charge is 2.30. The van der Waals surface area contributed by atoms with Gasteiger partial charge in [0.05, 0.1) is 6.21 Å². The number of likely N-dealkylation sites (tertiary alicyclic amines) is 1. The monoisotopic (exact) mass is 330 g/mol. The van der Waals surface area contributed by atoms with Gasteiger partial charge in [0.25, 0.3) is 0 Å². The van der Waals surface area contributed by atoms with Crippen molar-refractivity contribution in [1.29, 1.82) is 0 Å². The molecule has 0 unspecified atom stereocenters. The molecule has 0 atom stereocenters. The van der Waals surface area contributed by atoms with Crippen LogP contribution < -0.4 is 0 Å². The second-order valence-corrected chi connectivity index (χ2v) is 6.72. The van der Waals surface area contributed by atoms with Gasteiger partial charge in [0, 0.05) is 30.9 Å². The van der Waals surface area contributed by atoms with Crippen LogP contribution in [0.2, 0.25) is 0 Å². The summed E-state index contributed by atoms with van der Waals surface area (Å²) in [4.78, 5) is 29.4. The third-order valence-electron chi connectivity index (χ3n) is 3.77. The summed E-state index contributed by atoms with van der Waals surface area (Å²) in [5, 5.41) is 12.0. The lowest BCUT2D eigenvalue weighted by Crippen LogP contribution is -2.18. The normalized spacial score (nSPS) is 18.3. The fourth-order valence-electron chi connectivity index (χ4n) is 2.74. The Morgan fingerprint density at radius 3 is 2.54 bits per heavy atom. The Balaban J connectivity index is 2.00. The zero-order chi connectivity index (χ0) is 17.7. The van der Waals surface area contributed by atoms with E-state index in [0.717, 1.165) is 24.2 Å². The highest BCUT2D eigenvalue weighted by atomic mass is 16.6. The van der Waals surface area contributed by atoms with Gasteiger partial charge < -0.3 is 14.8 Å². The van der Waals surface area contributed by atoms with E-state index in [0.29, 0.717) is 5.56 Å². The van der Waals surface area contributed by atoms with E-state index in [-0.39, 0.29) is 11.2 Å². The van der Waals surface area contributed by atoms with Crippen molar-refractivity contribution in [2.45, 2.75) is 20.3 Å². The summed E-state index contributed by atoms with van der Waals surface area (Å²) in [6.07, 6.45) is 4.00. The van der Waals surface area contributed by atoms with Gasteiger partial charge in [0.15, 0.2) is 5.78 Å². The van der Waals surface area contributed by atoms with Gasteiger partial charge in [-0.3, -0.25) is 4.79 Å². The molecule has 6 nitrogen and oxygen atoms in total. The molecule has 1 saturated heterocycles. The first kappa shape index (κ1) is 17.7. The maximum atomic E-state index is 12.4. The number of carbonyl (C=O) groups excluding carboxylic acids is 1. The van der Waals surface area contributed by atoms with E-state index in [1.807, 2.05) is 7.05 Å². The van der Waals surface area contributed by atoms with Gasteiger partial charge in [-0.1, -0.05) is 43.3 Å². The lowest BCUT2D eigenvalue weighted by molar-refractivity contribution is -0.142. The predicted octanol–water partition coefficient (Wildman–Crippen LogP) is 2.55. The third kappa shape index (κ3) is 4.94. The van der Waals surface area contributed by atoms with Gasteiger partial charge in [0.1, 0.15) is 0 Å². The molecule has 0 amide bonds. The zero-order valence-corrected chi connectivity index (χ0v) is 14.2. The number of ketones is 1. The van der Waals surface area contributed by atoms with Crippen LogP contribution in [0.5, 0.6) is 0 Å². The molecule has 1 heterocycles. The molecule has 0 radical (unpaired) electrons. The topological polar surface area (TPSA) is 79.2 Å². The summed E-state index contributed by atoms with van der Waals surface area (Å²) in [5.74, 6) is -1.11. The average Bonchev–Trinajstić information content (AvgIpc) is 2.76. The van der Waals surface area contributed by atoms with Crippen LogP contribution in [0.3, 0.4) is 0 Å². The van der Waals surface area contributed by atoms with E-state index >= 15 is 0 Å². The van der Waals surface area contributed by atoms with E-state index in [4.69, 9.17) is 5.11 Å². The van der Waals surface area contributed by atoms with E-state index in [1.54, 1.807) is 30.3 Å². The highest BCUT2D eigenvalue weighted by Crippen LogP contribution is 2.35. The van der Waals surface area contributed by atoms with Crippen molar-refractivity contribution in [2.75, 3.05) is 20.2 Å². The molecule has 1 aliphatic heterocycles. The molecule has 1 N–H and O–H groups in total. The number of carbonyl (C=O) groups is 2. The number of nitrogens with zero attached hydrogens (tertiary/aromatic N) is 2. The van der Waals surface area contributed by atoms with Crippen molar-refractivity contribution in [1.82, 2.24) is 4.90 Å². The second kappa shape index (κ2) is 7.29. The van der Waals surface area contributed by atoms with Gasteiger partial charge in [-0.2, -0.15) is 0 Å². The third-order valence-corrected chi connectivity index (χ3v) is 3.77. The second-order valence-electron chi connectivity index (χ2n) is 6.72. The molecule has 2 rings (SSSR count). The van der Waals surface area contributed by atoms with Crippen LogP contribution in [-0.4, -0.2) is 48.2 Å². The fraction of sp³-hybridized carbons (Fsp3) is 0.389. The number of aliphatic carboxylic acids is 1. The number of oxime groups is 1. The SMILES string of the molecule is CN1CC(C)(C)C/C1=C\C(=O)c1ccc(/C=N/OCC(=O)O)cc1. The number of carboxylic acid groups (broad SMARTS) is 1. The van der Waals surface area contributed by atoms with Crippen LogP contribution >= 0.6 is 0 Å². The Bertz CT molecular complexity index is 675. The van der Waals surface area contributed by atoms with Crippen LogP contribution in [0.1, 0.15) is 36.2 Å². The Kier molecular flexibility index (Phi) is 5.39. The lowest BCUT2D eigenvalue weighted by Gasteiger charge is -2.16. The number of hydrogen-bond donors (Lipinski definition) is 1. The van der Waals surface area contributed by atoms with Crippen LogP contribution in [0.25, 0.3) is 0 Å². The molecule has 128 valence electrons. The van der Waals surface area contributed by atoms with E-state index in [1.165, 1.54) is 6.21 Å². The number of benzene rings is 1. The Labute approximate surface area is 141 Å².